The van der Waals surface area contributed by atoms with E-state index < -0.39 is 0 Å². The molecule has 2 atom stereocenters. The van der Waals surface area contributed by atoms with Crippen molar-refractivity contribution in [2.75, 3.05) is 12.8 Å². The van der Waals surface area contributed by atoms with Crippen molar-refractivity contribution in [1.29, 1.82) is 0 Å². The van der Waals surface area contributed by atoms with Gasteiger partial charge in [-0.05, 0) is 25.0 Å². The van der Waals surface area contributed by atoms with Crippen LogP contribution in [-0.4, -0.2) is 38.8 Å². The number of aryl methyl sites for hydroxylation is 1. The van der Waals surface area contributed by atoms with Gasteiger partial charge in [-0.3, -0.25) is 0 Å². The fourth-order valence-electron chi connectivity index (χ4n) is 3.13. The zero-order valence-electron chi connectivity index (χ0n) is 15.0. The summed E-state index contributed by atoms with van der Waals surface area (Å²) in [7, 11) is 1.66. The van der Waals surface area contributed by atoms with Gasteiger partial charge in [0.25, 0.3) is 0 Å². The molecular formula is C19H24N6O. The first-order valence-corrected chi connectivity index (χ1v) is 8.68. The van der Waals surface area contributed by atoms with Crippen LogP contribution >= 0.6 is 0 Å². The largest absolute Gasteiger partial charge is 0.484 e. The molecule has 0 saturated heterocycles. The molecule has 4 rings (SSSR count). The molecular weight excluding hydrogens is 328 g/mol. The second-order valence-electron chi connectivity index (χ2n) is 6.17. The molecule has 136 valence electrons. The first-order valence-electron chi connectivity index (χ1n) is 8.68. The average molecular weight is 352 g/mol. The van der Waals surface area contributed by atoms with E-state index in [1.807, 2.05) is 24.3 Å². The molecule has 0 radical (unpaired) electrons. The lowest BCUT2D eigenvalue weighted by Crippen LogP contribution is -2.04. The first kappa shape index (κ1) is 17.8. The van der Waals surface area contributed by atoms with Crippen LogP contribution in [0.25, 0.3) is 11.5 Å². The number of aliphatic imine (C=N–C) groups is 1. The second kappa shape index (κ2) is 7.95. The van der Waals surface area contributed by atoms with E-state index >= 15 is 0 Å². The Balaban J connectivity index is 0.000000185. The summed E-state index contributed by atoms with van der Waals surface area (Å²) in [6.45, 7) is 7.50. The Morgan fingerprint density at radius 2 is 2.04 bits per heavy atom. The summed E-state index contributed by atoms with van der Waals surface area (Å²) in [5.74, 6) is 3.12. The number of hydrogen-bond acceptors (Lipinski definition) is 6. The molecule has 0 unspecified atom stereocenters. The molecule has 0 bridgehead atoms. The van der Waals surface area contributed by atoms with Crippen LogP contribution in [0.1, 0.15) is 31.1 Å². The Bertz CT molecular complexity index is 825. The number of nitrogen functional groups attached to an aromatic ring is 1. The van der Waals surface area contributed by atoms with E-state index in [4.69, 9.17) is 10.5 Å². The highest BCUT2D eigenvalue weighted by Gasteiger charge is 2.26. The summed E-state index contributed by atoms with van der Waals surface area (Å²) < 4.78 is 7.04. The molecule has 2 N–H and O–H groups in total. The van der Waals surface area contributed by atoms with Gasteiger partial charge in [-0.15, -0.1) is 23.4 Å². The van der Waals surface area contributed by atoms with Crippen LogP contribution in [0.5, 0.6) is 0 Å². The Labute approximate surface area is 153 Å². The third-order valence-corrected chi connectivity index (χ3v) is 4.51. The molecule has 0 aliphatic carbocycles. The molecule has 2 aliphatic rings. The van der Waals surface area contributed by atoms with E-state index in [1.54, 1.807) is 13.2 Å². The van der Waals surface area contributed by atoms with Crippen molar-refractivity contribution in [2.45, 2.75) is 37.8 Å². The van der Waals surface area contributed by atoms with Crippen LogP contribution in [0.3, 0.4) is 0 Å². The van der Waals surface area contributed by atoms with Crippen molar-refractivity contribution in [2.24, 2.45) is 4.99 Å². The van der Waals surface area contributed by atoms with Crippen LogP contribution in [0.15, 0.2) is 48.5 Å². The number of nitrogens with zero attached hydrogens (tertiary/aromatic N) is 5. The minimum absolute atomic E-state index is 0.262. The maximum absolute atomic E-state index is 5.69. The van der Waals surface area contributed by atoms with Crippen LogP contribution < -0.4 is 5.73 Å². The molecule has 0 amide bonds. The Morgan fingerprint density at radius 1 is 1.19 bits per heavy atom. The predicted octanol–water partition coefficient (Wildman–Crippen LogP) is 2.98. The van der Waals surface area contributed by atoms with Gasteiger partial charge >= 0.3 is 0 Å². The van der Waals surface area contributed by atoms with Gasteiger partial charge in [0.05, 0.1) is 19.2 Å². The fourth-order valence-corrected chi connectivity index (χ4v) is 3.13. The van der Waals surface area contributed by atoms with Crippen molar-refractivity contribution >= 4 is 11.7 Å². The molecule has 7 nitrogen and oxygen atoms in total. The third kappa shape index (κ3) is 3.66. The summed E-state index contributed by atoms with van der Waals surface area (Å²) in [5.41, 5.74) is 6.45. The normalized spacial score (nSPS) is 20.6. The van der Waals surface area contributed by atoms with Gasteiger partial charge in [0, 0.05) is 12.8 Å². The zero-order valence-corrected chi connectivity index (χ0v) is 15.0. The Hall–Kier alpha value is -2.96. The molecule has 2 aromatic heterocycles. The number of methoxy groups -OCH3 is 1. The first-order chi connectivity index (χ1) is 12.7. The molecule has 2 aromatic rings. The number of hydrogen-bond donors (Lipinski definition) is 1. The molecule has 26 heavy (non-hydrogen) atoms. The van der Waals surface area contributed by atoms with E-state index in [1.165, 1.54) is 0 Å². The fraction of sp³-hybridized carbons (Fsp3) is 0.368. The highest BCUT2D eigenvalue weighted by molar-refractivity contribution is 5.78. The van der Waals surface area contributed by atoms with Crippen molar-refractivity contribution < 1.29 is 4.74 Å². The summed E-state index contributed by atoms with van der Waals surface area (Å²) in [4.78, 5) is 8.48. The number of rotatable bonds is 3. The van der Waals surface area contributed by atoms with E-state index in [2.05, 4.69) is 37.9 Å². The Kier molecular flexibility index (Phi) is 5.46. The predicted molar refractivity (Wildman–Crippen MR) is 103 cm³/mol. The summed E-state index contributed by atoms with van der Waals surface area (Å²) >= 11 is 0. The number of fused-ring (bicyclic) bond motifs is 1. The van der Waals surface area contributed by atoms with Gasteiger partial charge in [-0.1, -0.05) is 18.2 Å². The van der Waals surface area contributed by atoms with E-state index in [-0.39, 0.29) is 6.04 Å². The molecule has 0 aromatic carbocycles. The van der Waals surface area contributed by atoms with Gasteiger partial charge < -0.3 is 15.0 Å². The summed E-state index contributed by atoms with van der Waals surface area (Å²) in [6.07, 6.45) is 7.78. The zero-order chi connectivity index (χ0) is 18.5. The van der Waals surface area contributed by atoms with E-state index in [0.717, 1.165) is 48.9 Å². The third-order valence-electron chi connectivity index (χ3n) is 4.51. The second-order valence-corrected chi connectivity index (χ2v) is 6.17. The number of nitrogens with two attached hydrogens (primary N) is 1. The van der Waals surface area contributed by atoms with Gasteiger partial charge in [-0.25, -0.2) is 9.98 Å². The molecule has 4 heterocycles. The number of ether oxygens (including phenoxy) is 1. The molecule has 2 aliphatic heterocycles. The van der Waals surface area contributed by atoms with E-state index in [0.29, 0.717) is 11.9 Å². The van der Waals surface area contributed by atoms with Crippen molar-refractivity contribution in [3.8, 4) is 11.5 Å². The quantitative estimate of drug-likeness (QED) is 0.858. The molecule has 0 spiro atoms. The van der Waals surface area contributed by atoms with Crippen molar-refractivity contribution in [3.63, 3.8) is 0 Å². The topological polar surface area (TPSA) is 91.2 Å². The molecule has 0 saturated carbocycles. The number of aromatic nitrogens is 4. The standard InChI is InChI=1S/C12H13N5.C7H11NO/c1-2-8-6-7-11-15-16-12(17(8)11)9-4-3-5-10(13)14-9;1-3-6-4-5-7(8-6)9-2/h2-5,8H,1,6-7H2,(H2,13,14);3,6H,1,4-5H2,2H3/t8-;6-/m11/s1. The molecule has 7 heteroatoms. The van der Waals surface area contributed by atoms with Gasteiger partial charge in [0.2, 0.25) is 0 Å². The highest BCUT2D eigenvalue weighted by atomic mass is 16.5. The lowest BCUT2D eigenvalue weighted by atomic mass is 10.2. The molecule has 0 fully saturated rings. The highest BCUT2D eigenvalue weighted by Crippen LogP contribution is 2.30. The Morgan fingerprint density at radius 3 is 2.65 bits per heavy atom. The van der Waals surface area contributed by atoms with Gasteiger partial charge in [0.15, 0.2) is 11.7 Å². The van der Waals surface area contributed by atoms with Crippen molar-refractivity contribution in [3.05, 3.63) is 49.3 Å². The minimum atomic E-state index is 0.262. The maximum Gasteiger partial charge on any atom is 0.183 e. The van der Waals surface area contributed by atoms with Gasteiger partial charge in [0.1, 0.15) is 17.3 Å². The van der Waals surface area contributed by atoms with Crippen LogP contribution in [-0.2, 0) is 11.2 Å². The lowest BCUT2D eigenvalue weighted by Gasteiger charge is -2.10. The SMILES string of the molecule is C=C[C@@H]1CCC(OC)=N1.C=C[C@@H]1CCc2nnc(-c3cccc(N)n3)n21. The maximum atomic E-state index is 5.69. The monoisotopic (exact) mass is 352 g/mol. The number of anilines is 1. The van der Waals surface area contributed by atoms with Crippen LogP contribution in [0.2, 0.25) is 0 Å². The lowest BCUT2D eigenvalue weighted by molar-refractivity contribution is 0.395. The number of pyridine rings is 1. The van der Waals surface area contributed by atoms with Gasteiger partial charge in [-0.2, -0.15) is 0 Å². The summed E-state index contributed by atoms with van der Waals surface area (Å²) in [6, 6.07) is 6.09. The van der Waals surface area contributed by atoms with E-state index in [9.17, 15) is 0 Å². The summed E-state index contributed by atoms with van der Waals surface area (Å²) in [5, 5.41) is 8.38. The average Bonchev–Trinajstić information content (AvgIpc) is 3.37. The smallest absolute Gasteiger partial charge is 0.183 e. The van der Waals surface area contributed by atoms with Crippen LogP contribution in [0.4, 0.5) is 5.82 Å². The minimum Gasteiger partial charge on any atom is -0.484 e. The van der Waals surface area contributed by atoms with Crippen molar-refractivity contribution in [1.82, 2.24) is 19.7 Å². The van der Waals surface area contributed by atoms with Crippen LogP contribution in [0, 0.1) is 0 Å². The number of allylic oxidation sites excluding steroid dienone is 1.